The number of hydrogen-bond acceptors (Lipinski definition) is 4. The monoisotopic (exact) mass is 493 g/mol. The molecule has 0 N–H and O–H groups in total. The molecule has 1 heterocycles. The first kappa shape index (κ1) is 25.2. The van der Waals surface area contributed by atoms with Crippen LogP contribution in [0.5, 0.6) is 0 Å². The Morgan fingerprint density at radius 3 is 1.97 bits per heavy atom. The smallest absolute Gasteiger partial charge is 0.144 e. The Labute approximate surface area is 222 Å². The summed E-state index contributed by atoms with van der Waals surface area (Å²) in [5.74, 6) is 0. The van der Waals surface area contributed by atoms with Crippen molar-refractivity contribution in [3.8, 4) is 0 Å². The van der Waals surface area contributed by atoms with Gasteiger partial charge in [-0.1, -0.05) is 54.6 Å². The molecule has 0 amide bonds. The molecule has 4 nitrogen and oxygen atoms in total. The van der Waals surface area contributed by atoms with E-state index in [1.807, 2.05) is 7.11 Å². The summed E-state index contributed by atoms with van der Waals surface area (Å²) in [4.78, 5) is 6.84. The van der Waals surface area contributed by atoms with Gasteiger partial charge >= 0.3 is 0 Å². The van der Waals surface area contributed by atoms with Crippen LogP contribution in [0.15, 0.2) is 84.9 Å². The van der Waals surface area contributed by atoms with Gasteiger partial charge in [0.1, 0.15) is 5.60 Å². The van der Waals surface area contributed by atoms with Crippen LogP contribution < -0.4 is 14.7 Å². The third-order valence-corrected chi connectivity index (χ3v) is 7.84. The molecule has 1 saturated heterocycles. The maximum atomic E-state index is 6.68. The topological polar surface area (TPSA) is 19.0 Å². The van der Waals surface area contributed by atoms with E-state index in [-0.39, 0.29) is 0 Å². The van der Waals surface area contributed by atoms with Crippen molar-refractivity contribution >= 4 is 27.8 Å². The molecule has 0 radical (unpaired) electrons. The SMILES string of the molecule is COC(c1ccc(N(C)C)cc1)(c1cccc(N(C)C)c1)c1ccc(N2CCCCC2)c2ccccc12. The Morgan fingerprint density at radius 2 is 1.32 bits per heavy atom. The molecule has 0 saturated carbocycles. The molecule has 4 aromatic carbocycles. The van der Waals surface area contributed by atoms with E-state index in [0.29, 0.717) is 0 Å². The number of rotatable bonds is 7. The molecule has 0 aromatic heterocycles. The van der Waals surface area contributed by atoms with Gasteiger partial charge in [0.2, 0.25) is 0 Å². The van der Waals surface area contributed by atoms with E-state index in [0.717, 1.165) is 29.9 Å². The fourth-order valence-electron chi connectivity index (χ4n) is 5.82. The Bertz CT molecular complexity index is 1360. The molecule has 1 aliphatic heterocycles. The molecule has 0 bridgehead atoms. The lowest BCUT2D eigenvalue weighted by Gasteiger charge is -2.37. The van der Waals surface area contributed by atoms with Crippen molar-refractivity contribution in [2.24, 2.45) is 0 Å². The van der Waals surface area contributed by atoms with Crippen molar-refractivity contribution in [3.05, 3.63) is 102 Å². The predicted octanol–water partition coefficient (Wildman–Crippen LogP) is 6.90. The lowest BCUT2D eigenvalue weighted by atomic mass is 9.77. The van der Waals surface area contributed by atoms with E-state index < -0.39 is 5.60 Å². The van der Waals surface area contributed by atoms with Crippen LogP contribution in [-0.2, 0) is 10.3 Å². The maximum Gasteiger partial charge on any atom is 0.144 e. The van der Waals surface area contributed by atoms with E-state index in [4.69, 9.17) is 4.74 Å². The quantitative estimate of drug-likeness (QED) is 0.261. The van der Waals surface area contributed by atoms with Crippen molar-refractivity contribution in [3.63, 3.8) is 0 Å². The Hall–Kier alpha value is -3.50. The number of hydrogen-bond donors (Lipinski definition) is 0. The molecule has 1 atom stereocenters. The highest BCUT2D eigenvalue weighted by molar-refractivity contribution is 5.97. The van der Waals surface area contributed by atoms with Crippen LogP contribution in [0.4, 0.5) is 17.1 Å². The summed E-state index contributed by atoms with van der Waals surface area (Å²) in [6, 6.07) is 31.0. The first-order valence-corrected chi connectivity index (χ1v) is 13.3. The number of ether oxygens (including phenoxy) is 1. The van der Waals surface area contributed by atoms with Crippen molar-refractivity contribution in [2.75, 3.05) is 63.1 Å². The first-order valence-electron chi connectivity index (χ1n) is 13.3. The zero-order valence-electron chi connectivity index (χ0n) is 22.9. The van der Waals surface area contributed by atoms with E-state index >= 15 is 0 Å². The number of benzene rings is 4. The number of nitrogens with zero attached hydrogens (tertiary/aromatic N) is 3. The molecule has 37 heavy (non-hydrogen) atoms. The zero-order valence-corrected chi connectivity index (χ0v) is 22.9. The zero-order chi connectivity index (χ0) is 26.0. The highest BCUT2D eigenvalue weighted by Gasteiger charge is 2.38. The van der Waals surface area contributed by atoms with E-state index in [2.05, 4.69) is 128 Å². The summed E-state index contributed by atoms with van der Waals surface area (Å²) in [6.07, 6.45) is 3.84. The minimum Gasteiger partial charge on any atom is -0.378 e. The molecule has 0 spiro atoms. The molecular formula is C33H39N3O. The van der Waals surface area contributed by atoms with Gasteiger partial charge in [0.05, 0.1) is 0 Å². The van der Waals surface area contributed by atoms with Gasteiger partial charge in [-0.3, -0.25) is 0 Å². The van der Waals surface area contributed by atoms with Crippen LogP contribution in [0.25, 0.3) is 10.8 Å². The number of methoxy groups -OCH3 is 1. The van der Waals surface area contributed by atoms with Crippen LogP contribution in [-0.4, -0.2) is 48.4 Å². The largest absolute Gasteiger partial charge is 0.378 e. The second-order valence-electron chi connectivity index (χ2n) is 10.5. The summed E-state index contributed by atoms with van der Waals surface area (Å²) in [5, 5.41) is 2.52. The van der Waals surface area contributed by atoms with Gasteiger partial charge in [0.25, 0.3) is 0 Å². The Kier molecular flexibility index (Phi) is 7.12. The minimum absolute atomic E-state index is 0.767. The van der Waals surface area contributed by atoms with Crippen molar-refractivity contribution in [1.82, 2.24) is 0 Å². The van der Waals surface area contributed by atoms with Gasteiger partial charge in [-0.15, -0.1) is 0 Å². The second kappa shape index (κ2) is 10.5. The average molecular weight is 494 g/mol. The summed E-state index contributed by atoms with van der Waals surface area (Å²) >= 11 is 0. The van der Waals surface area contributed by atoms with Crippen LogP contribution in [0, 0.1) is 0 Å². The highest BCUT2D eigenvalue weighted by atomic mass is 16.5. The number of anilines is 3. The van der Waals surface area contributed by atoms with Gasteiger partial charge in [-0.05, 0) is 66.1 Å². The van der Waals surface area contributed by atoms with Crippen LogP contribution in [0.1, 0.15) is 36.0 Å². The molecule has 1 aliphatic rings. The third-order valence-electron chi connectivity index (χ3n) is 7.84. The Morgan fingerprint density at radius 1 is 0.649 bits per heavy atom. The molecule has 5 rings (SSSR count). The minimum atomic E-state index is -0.767. The third kappa shape index (κ3) is 4.55. The number of piperidine rings is 1. The van der Waals surface area contributed by atoms with Crippen LogP contribution >= 0.6 is 0 Å². The van der Waals surface area contributed by atoms with Gasteiger partial charge in [-0.2, -0.15) is 0 Å². The summed E-state index contributed by atoms with van der Waals surface area (Å²) in [7, 11) is 10.2. The molecular weight excluding hydrogens is 454 g/mol. The first-order chi connectivity index (χ1) is 18.0. The van der Waals surface area contributed by atoms with E-state index in [9.17, 15) is 0 Å². The average Bonchev–Trinajstić information content (AvgIpc) is 2.94. The van der Waals surface area contributed by atoms with Crippen LogP contribution in [0.3, 0.4) is 0 Å². The molecule has 1 fully saturated rings. The van der Waals surface area contributed by atoms with Gasteiger partial charge in [0, 0.05) is 76.4 Å². The van der Waals surface area contributed by atoms with Crippen LogP contribution in [0.2, 0.25) is 0 Å². The second-order valence-corrected chi connectivity index (χ2v) is 10.5. The fourth-order valence-corrected chi connectivity index (χ4v) is 5.82. The summed E-state index contributed by atoms with van der Waals surface area (Å²) in [6.45, 7) is 2.24. The molecule has 192 valence electrons. The predicted molar refractivity (Wildman–Crippen MR) is 158 cm³/mol. The maximum absolute atomic E-state index is 6.68. The highest BCUT2D eigenvalue weighted by Crippen LogP contribution is 2.46. The lowest BCUT2D eigenvalue weighted by molar-refractivity contribution is 0.0598. The van der Waals surface area contributed by atoms with Gasteiger partial charge in [0.15, 0.2) is 0 Å². The molecule has 4 aromatic rings. The van der Waals surface area contributed by atoms with Crippen molar-refractivity contribution < 1.29 is 4.74 Å². The lowest BCUT2D eigenvalue weighted by Crippen LogP contribution is -2.33. The normalized spacial score (nSPS) is 15.4. The standard InChI is InChI=1S/C33H39N3O/c1-34(2)27-18-16-25(17-19-27)33(37-5,26-12-11-13-28(24-26)35(3)4)31-20-21-32(36-22-9-6-10-23-36)30-15-8-7-14-29(30)31/h7-8,11-21,24H,6,9-10,22-23H2,1-5H3. The van der Waals surface area contributed by atoms with Crippen molar-refractivity contribution in [2.45, 2.75) is 24.9 Å². The molecule has 4 heteroatoms. The molecule has 0 aliphatic carbocycles. The van der Waals surface area contributed by atoms with E-state index in [1.54, 1.807) is 0 Å². The van der Waals surface area contributed by atoms with Gasteiger partial charge in [-0.25, -0.2) is 0 Å². The Balaban J connectivity index is 1.79. The summed E-state index contributed by atoms with van der Waals surface area (Å²) < 4.78 is 6.68. The van der Waals surface area contributed by atoms with Crippen molar-refractivity contribution in [1.29, 1.82) is 0 Å². The fraction of sp³-hybridized carbons (Fsp3) is 0.333. The number of fused-ring (bicyclic) bond motifs is 1. The van der Waals surface area contributed by atoms with E-state index in [1.165, 1.54) is 47.0 Å². The molecule has 1 unspecified atom stereocenters. The van der Waals surface area contributed by atoms with Gasteiger partial charge < -0.3 is 19.4 Å². The summed E-state index contributed by atoms with van der Waals surface area (Å²) in [5.41, 5.74) is 6.28.